The topological polar surface area (TPSA) is 9.23 Å². The van der Waals surface area contributed by atoms with Gasteiger partial charge < -0.3 is 0 Å². The second-order valence-corrected chi connectivity index (χ2v) is 4.26. The Labute approximate surface area is 71.2 Å². The first-order chi connectivity index (χ1) is 4.86. The van der Waals surface area contributed by atoms with Crippen LogP contribution in [0.2, 0.25) is 0 Å². The molecule has 0 amide bonds. The van der Waals surface area contributed by atoms with Crippen LogP contribution in [0.1, 0.15) is 11.1 Å². The Kier molecular flexibility index (Phi) is 1.56. The summed E-state index contributed by atoms with van der Waals surface area (Å²) in [6.07, 6.45) is 0. The monoisotopic (exact) mass is 247 g/mol. The van der Waals surface area contributed by atoms with Crippen molar-refractivity contribution in [1.29, 1.82) is 0 Å². The van der Waals surface area contributed by atoms with Gasteiger partial charge in [-0.15, -0.1) is 0 Å². The first-order valence-corrected chi connectivity index (χ1v) is 5.62. The summed E-state index contributed by atoms with van der Waals surface area (Å²) in [7, 11) is 0. The standard InChI is InChI=1S/C8H8IO/c1-6-2-3-8-7(4-6)5-9-10-8/h2-4H,5H2,1H3/q-1. The predicted octanol–water partition coefficient (Wildman–Crippen LogP) is -1.11. The minimum atomic E-state index is -0.000293. The number of halogens is 1. The molecule has 2 rings (SSSR count). The Balaban J connectivity index is 2.52. The van der Waals surface area contributed by atoms with E-state index in [1.54, 1.807) is 0 Å². The summed E-state index contributed by atoms with van der Waals surface area (Å²) in [6, 6.07) is 6.41. The Morgan fingerprint density at radius 2 is 2.40 bits per heavy atom. The third-order valence-corrected chi connectivity index (χ3v) is 3.47. The molecule has 0 atom stereocenters. The Bertz CT molecular complexity index is 257. The quantitative estimate of drug-likeness (QED) is 0.417. The van der Waals surface area contributed by atoms with E-state index in [0.29, 0.717) is 0 Å². The Hall–Kier alpha value is -0.250. The Morgan fingerprint density at radius 1 is 1.50 bits per heavy atom. The maximum atomic E-state index is 5.46. The van der Waals surface area contributed by atoms with Crippen molar-refractivity contribution >= 4 is 0 Å². The van der Waals surface area contributed by atoms with Crippen molar-refractivity contribution in [1.82, 2.24) is 0 Å². The van der Waals surface area contributed by atoms with Gasteiger partial charge in [-0.1, -0.05) is 0 Å². The molecule has 1 heterocycles. The van der Waals surface area contributed by atoms with Gasteiger partial charge in [-0.05, 0) is 0 Å². The van der Waals surface area contributed by atoms with Crippen molar-refractivity contribution < 1.29 is 24.7 Å². The molecule has 0 aliphatic carbocycles. The van der Waals surface area contributed by atoms with Gasteiger partial charge in [0.25, 0.3) is 0 Å². The molecule has 1 aromatic carbocycles. The molecular weight excluding hydrogens is 239 g/mol. The Morgan fingerprint density at radius 3 is 3.30 bits per heavy atom. The second-order valence-electron chi connectivity index (χ2n) is 2.43. The molecule has 0 aromatic heterocycles. The van der Waals surface area contributed by atoms with Crippen LogP contribution in [0.3, 0.4) is 0 Å². The average Bonchev–Trinajstić information content (AvgIpc) is 2.33. The van der Waals surface area contributed by atoms with Crippen LogP contribution in [0.5, 0.6) is 5.75 Å². The molecule has 0 unspecified atom stereocenters. The van der Waals surface area contributed by atoms with Crippen LogP contribution in [-0.2, 0) is 4.43 Å². The van der Waals surface area contributed by atoms with Gasteiger partial charge in [0.2, 0.25) is 0 Å². The van der Waals surface area contributed by atoms with Gasteiger partial charge in [-0.2, -0.15) is 0 Å². The summed E-state index contributed by atoms with van der Waals surface area (Å²) in [6.45, 7) is 2.12. The van der Waals surface area contributed by atoms with Crippen LogP contribution in [0.4, 0.5) is 0 Å². The fourth-order valence-electron chi connectivity index (χ4n) is 1.03. The number of hydrogen-bond donors (Lipinski definition) is 0. The van der Waals surface area contributed by atoms with E-state index in [9.17, 15) is 0 Å². The molecule has 0 radical (unpaired) electrons. The van der Waals surface area contributed by atoms with E-state index < -0.39 is 0 Å². The number of benzene rings is 1. The molecular formula is C8H8IO-. The van der Waals surface area contributed by atoms with E-state index in [1.807, 2.05) is 0 Å². The molecule has 10 heavy (non-hydrogen) atoms. The first kappa shape index (κ1) is 6.46. The summed E-state index contributed by atoms with van der Waals surface area (Å²) in [4.78, 5) is 0. The van der Waals surface area contributed by atoms with Crippen molar-refractivity contribution in [3.63, 3.8) is 0 Å². The minimum absolute atomic E-state index is 0.000293. The van der Waals surface area contributed by atoms with E-state index in [-0.39, 0.29) is 21.6 Å². The number of rotatable bonds is 0. The summed E-state index contributed by atoms with van der Waals surface area (Å²) >= 11 is -0.000293. The molecule has 2 heteroatoms. The zero-order chi connectivity index (χ0) is 6.97. The molecule has 0 bridgehead atoms. The summed E-state index contributed by atoms with van der Waals surface area (Å²) in [5, 5.41) is 0. The van der Waals surface area contributed by atoms with Crippen molar-refractivity contribution in [2.75, 3.05) is 0 Å². The van der Waals surface area contributed by atoms with Crippen molar-refractivity contribution in [3.05, 3.63) is 29.3 Å². The van der Waals surface area contributed by atoms with Crippen molar-refractivity contribution in [2.45, 2.75) is 11.4 Å². The molecule has 0 saturated heterocycles. The summed E-state index contributed by atoms with van der Waals surface area (Å²) in [5.41, 5.74) is 2.75. The summed E-state index contributed by atoms with van der Waals surface area (Å²) < 4.78 is 6.65. The van der Waals surface area contributed by atoms with Gasteiger partial charge in [0.1, 0.15) is 0 Å². The molecule has 1 aromatic rings. The molecule has 1 aliphatic heterocycles. The van der Waals surface area contributed by atoms with Gasteiger partial charge in [0, 0.05) is 0 Å². The van der Waals surface area contributed by atoms with Crippen LogP contribution >= 0.6 is 0 Å². The number of alkyl halides is 1. The summed E-state index contributed by atoms with van der Waals surface area (Å²) in [5.74, 6) is 1.12. The number of fused-ring (bicyclic) bond motifs is 1. The van der Waals surface area contributed by atoms with E-state index in [2.05, 4.69) is 25.1 Å². The number of aryl methyl sites for hydroxylation is 1. The van der Waals surface area contributed by atoms with E-state index in [1.165, 1.54) is 15.6 Å². The van der Waals surface area contributed by atoms with Crippen LogP contribution in [0.25, 0.3) is 0 Å². The van der Waals surface area contributed by atoms with Crippen LogP contribution in [-0.4, -0.2) is 0 Å². The molecule has 1 nitrogen and oxygen atoms in total. The van der Waals surface area contributed by atoms with Crippen LogP contribution in [0, 0.1) is 6.92 Å². The van der Waals surface area contributed by atoms with Gasteiger partial charge in [-0.3, -0.25) is 0 Å². The van der Waals surface area contributed by atoms with Crippen molar-refractivity contribution in [2.24, 2.45) is 0 Å². The zero-order valence-corrected chi connectivity index (χ0v) is 7.88. The van der Waals surface area contributed by atoms with E-state index >= 15 is 0 Å². The normalized spacial score (nSPS) is 15.3. The van der Waals surface area contributed by atoms with E-state index in [4.69, 9.17) is 3.07 Å². The SMILES string of the molecule is Cc1ccc2c(c1)C[I-]O2. The average molecular weight is 247 g/mol. The van der Waals surface area contributed by atoms with Crippen molar-refractivity contribution in [3.8, 4) is 5.75 Å². The molecule has 0 fully saturated rings. The van der Waals surface area contributed by atoms with Gasteiger partial charge in [-0.25, -0.2) is 0 Å². The second kappa shape index (κ2) is 2.42. The maximum absolute atomic E-state index is 5.46. The fourth-order valence-corrected chi connectivity index (χ4v) is 2.89. The van der Waals surface area contributed by atoms with E-state index in [0.717, 1.165) is 5.75 Å². The van der Waals surface area contributed by atoms with Gasteiger partial charge >= 0.3 is 71.1 Å². The van der Waals surface area contributed by atoms with Crippen LogP contribution < -0.4 is 24.7 Å². The molecule has 54 valence electrons. The van der Waals surface area contributed by atoms with Gasteiger partial charge in [0.05, 0.1) is 0 Å². The molecule has 1 aliphatic rings. The molecule has 0 saturated carbocycles. The fraction of sp³-hybridized carbons (Fsp3) is 0.250. The molecule has 0 N–H and O–H groups in total. The van der Waals surface area contributed by atoms with Gasteiger partial charge in [0.15, 0.2) is 0 Å². The third-order valence-electron chi connectivity index (χ3n) is 1.55. The van der Waals surface area contributed by atoms with Crippen LogP contribution in [0.15, 0.2) is 18.2 Å². The predicted molar refractivity (Wildman–Crippen MR) is 35.5 cm³/mol. The first-order valence-electron chi connectivity index (χ1n) is 3.22. The number of hydrogen-bond acceptors (Lipinski definition) is 1. The third kappa shape index (κ3) is 1.00. The zero-order valence-electron chi connectivity index (χ0n) is 5.73. The molecule has 0 spiro atoms.